The molecule has 1 unspecified atom stereocenters. The van der Waals surface area contributed by atoms with Gasteiger partial charge in [0, 0.05) is 88.0 Å². The molecule has 17 nitrogen and oxygen atoms in total. The zero-order valence-electron chi connectivity index (χ0n) is 45.8. The summed E-state index contributed by atoms with van der Waals surface area (Å²) in [7, 11) is -0.142. The first kappa shape index (κ1) is 55.0. The second-order valence-electron chi connectivity index (χ2n) is 22.8. The predicted molar refractivity (Wildman–Crippen MR) is 299 cm³/mol. The number of pyridine rings is 2. The number of quaternary nitrogens is 1. The number of aryl methyl sites for hydroxylation is 1. The minimum absolute atomic E-state index is 0.000657. The van der Waals surface area contributed by atoms with Crippen LogP contribution >= 0.6 is 0 Å². The van der Waals surface area contributed by atoms with Gasteiger partial charge in [0.15, 0.2) is 17.3 Å². The molecule has 2 aliphatic heterocycles. The lowest BCUT2D eigenvalue weighted by atomic mass is 9.59. The number of ether oxygens (including phenoxy) is 3. The van der Waals surface area contributed by atoms with Crippen molar-refractivity contribution in [2.75, 3.05) is 70.8 Å². The van der Waals surface area contributed by atoms with Crippen LogP contribution in [0.1, 0.15) is 117 Å². The van der Waals surface area contributed by atoms with Crippen molar-refractivity contribution in [2.24, 2.45) is 11.3 Å². The van der Waals surface area contributed by atoms with E-state index in [1.807, 2.05) is 6.92 Å². The van der Waals surface area contributed by atoms with Crippen LogP contribution in [-0.2, 0) is 16.6 Å². The molecule has 2 saturated heterocycles. The van der Waals surface area contributed by atoms with Gasteiger partial charge in [-0.2, -0.15) is 4.98 Å². The number of nitrogens with zero attached hydrogens (tertiary/aromatic N) is 5. The summed E-state index contributed by atoms with van der Waals surface area (Å²) in [5, 5.41) is 26.2. The third-order valence-corrected chi connectivity index (χ3v) is 18.3. The number of carbonyl (C=O) groups is 1. The molecular weight excluding hydrogens is 1010 g/mol. The molecule has 0 radical (unpaired) electrons. The number of aliphatic hydroxyl groups is 1. The Bertz CT molecular complexity index is 3250. The van der Waals surface area contributed by atoms with Gasteiger partial charge in [0.05, 0.1) is 44.0 Å². The molecular formula is C59H74FN9O8S. The van der Waals surface area contributed by atoms with Crippen LogP contribution in [0.15, 0.2) is 90.1 Å². The van der Waals surface area contributed by atoms with E-state index in [0.717, 1.165) is 101 Å². The van der Waals surface area contributed by atoms with Gasteiger partial charge >= 0.3 is 0 Å². The van der Waals surface area contributed by atoms with E-state index in [0.29, 0.717) is 31.3 Å². The predicted octanol–water partition coefficient (Wildman–Crippen LogP) is 8.76. The van der Waals surface area contributed by atoms with Crippen molar-refractivity contribution < 1.29 is 42.0 Å². The lowest BCUT2D eigenvalue weighted by Crippen LogP contribution is -2.98. The number of hydroxylamine groups is 1. The Labute approximate surface area is 457 Å². The number of benzene rings is 3. The van der Waals surface area contributed by atoms with E-state index in [1.165, 1.54) is 55.2 Å². The Morgan fingerprint density at radius 1 is 0.962 bits per heavy atom. The fourth-order valence-electron chi connectivity index (χ4n) is 12.4. The van der Waals surface area contributed by atoms with Crippen LogP contribution in [0.2, 0.25) is 0 Å². The number of fused-ring (bicyclic) bond motifs is 1. The third-order valence-electron chi connectivity index (χ3n) is 17.0. The van der Waals surface area contributed by atoms with Crippen molar-refractivity contribution in [1.82, 2.24) is 29.5 Å². The highest BCUT2D eigenvalue weighted by atomic mass is 32.2. The Morgan fingerprint density at radius 3 is 2.44 bits per heavy atom. The van der Waals surface area contributed by atoms with Gasteiger partial charge in [-0.15, -0.1) is 0 Å². The average Bonchev–Trinajstić information content (AvgIpc) is 3.89. The van der Waals surface area contributed by atoms with Crippen molar-refractivity contribution in [3.05, 3.63) is 124 Å². The van der Waals surface area contributed by atoms with Crippen LogP contribution in [-0.4, -0.2) is 116 Å². The molecule has 3 aromatic carbocycles. The van der Waals surface area contributed by atoms with E-state index in [9.17, 15) is 27.9 Å². The number of carbonyl (C=O) groups excluding carboxylic acids is 1. The topological polar surface area (TPSA) is 202 Å². The lowest BCUT2D eigenvalue weighted by molar-refractivity contribution is -0.751. The molecule has 3 aromatic heterocycles. The van der Waals surface area contributed by atoms with Crippen LogP contribution in [0.5, 0.6) is 23.1 Å². The smallest absolute Gasteiger partial charge is 0.268 e. The average molecular weight is 1090 g/mol. The Kier molecular flexibility index (Phi) is 15.8. The molecule has 4 fully saturated rings. The molecule has 2 aliphatic carbocycles. The highest BCUT2D eigenvalue weighted by Gasteiger charge is 2.50. The highest BCUT2D eigenvalue weighted by Crippen LogP contribution is 2.53. The first-order chi connectivity index (χ1) is 37.3. The number of halogens is 1. The fourth-order valence-corrected chi connectivity index (χ4v) is 13.3. The molecule has 10 rings (SSSR count). The minimum atomic E-state index is -4.59. The van der Waals surface area contributed by atoms with E-state index in [4.69, 9.17) is 14.2 Å². The maximum atomic E-state index is 15.0. The van der Waals surface area contributed by atoms with Crippen LogP contribution < -0.4 is 34.2 Å². The van der Waals surface area contributed by atoms with E-state index in [1.54, 1.807) is 19.2 Å². The molecule has 4 aliphatic rings. The molecule has 5 N–H and O–H groups in total. The number of piperidine rings is 1. The zero-order valence-corrected chi connectivity index (χ0v) is 46.6. The monoisotopic (exact) mass is 1090 g/mol. The normalized spacial score (nSPS) is 21.6. The maximum Gasteiger partial charge on any atom is 0.268 e. The second kappa shape index (κ2) is 22.4. The highest BCUT2D eigenvalue weighted by molar-refractivity contribution is 7.90. The molecule has 416 valence electrons. The second-order valence-corrected chi connectivity index (χ2v) is 24.5. The van der Waals surface area contributed by atoms with Crippen molar-refractivity contribution >= 4 is 44.2 Å². The molecule has 2 saturated carbocycles. The molecule has 1 amide bonds. The number of nitrogens with one attached hydrogen (secondary N) is 4. The summed E-state index contributed by atoms with van der Waals surface area (Å²) in [6.45, 7) is 14.2. The van der Waals surface area contributed by atoms with E-state index in [2.05, 4.69) is 103 Å². The summed E-state index contributed by atoms with van der Waals surface area (Å²) in [5.41, 5.74) is 5.62. The molecule has 5 heterocycles. The quantitative estimate of drug-likeness (QED) is 0.0543. The number of rotatable bonds is 17. The van der Waals surface area contributed by atoms with E-state index < -0.39 is 32.4 Å². The molecule has 6 aromatic rings. The van der Waals surface area contributed by atoms with Gasteiger partial charge in [-0.05, 0) is 123 Å². The van der Waals surface area contributed by atoms with Crippen LogP contribution in [0.25, 0.3) is 11.0 Å². The number of H-pyrrole nitrogens is 1. The van der Waals surface area contributed by atoms with Crippen molar-refractivity contribution in [3.8, 4) is 23.1 Å². The van der Waals surface area contributed by atoms with Crippen molar-refractivity contribution in [3.63, 3.8) is 0 Å². The Morgan fingerprint density at radius 2 is 1.72 bits per heavy atom. The minimum Gasteiger partial charge on any atom is -0.629 e. The van der Waals surface area contributed by atoms with Gasteiger partial charge < -0.3 is 44.8 Å². The zero-order chi connectivity index (χ0) is 55.1. The molecule has 0 bridgehead atoms. The number of methoxy groups -OCH3 is 2. The van der Waals surface area contributed by atoms with Gasteiger partial charge in [0.25, 0.3) is 21.8 Å². The van der Waals surface area contributed by atoms with Crippen molar-refractivity contribution in [1.29, 1.82) is 0 Å². The maximum absolute atomic E-state index is 15.0. The summed E-state index contributed by atoms with van der Waals surface area (Å²) in [6.07, 6.45) is 9.35. The number of hydrogen-bond donors (Lipinski definition) is 5. The molecule has 2 atom stereocenters. The van der Waals surface area contributed by atoms with Crippen LogP contribution in [0.3, 0.4) is 0 Å². The number of amides is 1. The lowest BCUT2D eigenvalue weighted by Gasteiger charge is -2.58. The fraction of sp³-hybridized carbons (Fsp3) is 0.475. The summed E-state index contributed by atoms with van der Waals surface area (Å²) in [4.78, 5) is 33.1. The number of aromatic amines is 1. The molecule has 1 spiro atoms. The summed E-state index contributed by atoms with van der Waals surface area (Å²) in [6, 6.07) is 23.9. The number of hydrogen-bond acceptors (Lipinski definition) is 14. The van der Waals surface area contributed by atoms with Crippen LogP contribution in [0.4, 0.5) is 21.6 Å². The standard InChI is InChI=1S/C59H74FN9O8S/c1-37(2)44-10-8-9-11-45(44)50-36-67(35-40-13-12-38(3)51(26-40)75-6)24-25-69(50)42-30-59(31-42)20-22-68(23-21-59)41-14-15-46(52(27-41)77-53-29-47-48(60)34-63-54(47)64-57(53)76-7)56(70)65-78(73,74)43-28-49(66(5)72)55(62-33-43)61-32-39-16-18-58(4,71)19-17-39/h8-15,26-29,33-34,37,39,42,50,66,71H,16-25,30-32,35-36H2,1-7H3,(H,61,62)(H,63,64)(H,65,70)/t39-,50-,58-/m0/s1. The number of anilines is 2. The van der Waals surface area contributed by atoms with E-state index >= 15 is 0 Å². The summed E-state index contributed by atoms with van der Waals surface area (Å²) in [5.74, 6) is 0.254. The van der Waals surface area contributed by atoms with Crippen LogP contribution in [0, 0.1) is 29.3 Å². The Balaban J connectivity index is 0.856. The largest absolute Gasteiger partial charge is 0.629 e. The number of piperazine rings is 1. The first-order valence-corrected chi connectivity index (χ1v) is 28.8. The van der Waals surface area contributed by atoms with Gasteiger partial charge in [0.1, 0.15) is 27.9 Å². The van der Waals surface area contributed by atoms with Gasteiger partial charge in [-0.3, -0.25) is 14.6 Å². The SMILES string of the molecule is COc1cc(CN2CCN(C3CC4(CCN(c5ccc(C(=O)NS(=O)(=O)c6cnc(NC[C@H]7CC[C@](C)(O)CC7)c([NH+](C)[O-])c6)c(Oc6cc7c(F)c[nH]c7nc6OC)c5)CC4)C3)[C@H](c3ccccc3C(C)C)C2)ccc1C. The van der Waals surface area contributed by atoms with Gasteiger partial charge in [-0.25, -0.2) is 22.5 Å². The molecule has 78 heavy (non-hydrogen) atoms. The van der Waals surface area contributed by atoms with Gasteiger partial charge in [-0.1, -0.05) is 50.2 Å². The first-order valence-electron chi connectivity index (χ1n) is 27.3. The summed E-state index contributed by atoms with van der Waals surface area (Å²) < 4.78 is 62.8. The summed E-state index contributed by atoms with van der Waals surface area (Å²) >= 11 is 0. The number of aromatic nitrogens is 3. The third kappa shape index (κ3) is 11.7. The number of sulfonamides is 1. The molecule has 19 heteroatoms. The van der Waals surface area contributed by atoms with Gasteiger partial charge in [0.2, 0.25) is 0 Å². The Hall–Kier alpha value is -6.35. The van der Waals surface area contributed by atoms with Crippen molar-refractivity contribution in [2.45, 2.75) is 114 Å². The van der Waals surface area contributed by atoms with E-state index in [-0.39, 0.29) is 67.8 Å².